The Kier molecular flexibility index (Phi) is 9.58. The smallest absolute Gasteiger partial charge is 0.313 e. The second-order valence-electron chi connectivity index (χ2n) is 10.6. The zero-order chi connectivity index (χ0) is 28.5. The summed E-state index contributed by atoms with van der Waals surface area (Å²) in [5.74, 6) is 1.56. The number of anilines is 2. The summed E-state index contributed by atoms with van der Waals surface area (Å²) in [5.41, 5.74) is 0.716. The van der Waals surface area contributed by atoms with Crippen molar-refractivity contribution in [2.75, 3.05) is 29.9 Å². The first kappa shape index (κ1) is 28.9. The van der Waals surface area contributed by atoms with E-state index in [1.54, 1.807) is 26.2 Å². The fraction of sp³-hybridized carbons (Fsp3) is 0.419. The molecule has 3 aromatic rings. The van der Waals surface area contributed by atoms with Crippen molar-refractivity contribution in [3.63, 3.8) is 0 Å². The second kappa shape index (κ2) is 13.3. The van der Waals surface area contributed by atoms with Crippen molar-refractivity contribution in [2.24, 2.45) is 0 Å². The molecule has 0 spiro atoms. The zero-order valence-electron chi connectivity index (χ0n) is 23.4. The first-order valence-corrected chi connectivity index (χ1v) is 13.8. The van der Waals surface area contributed by atoms with E-state index < -0.39 is 11.4 Å². The van der Waals surface area contributed by atoms with Gasteiger partial charge in [-0.3, -0.25) is 14.6 Å². The summed E-state index contributed by atoms with van der Waals surface area (Å²) in [6.45, 7) is 7.55. The van der Waals surface area contributed by atoms with Gasteiger partial charge in [0.2, 0.25) is 5.91 Å². The molecule has 0 saturated carbocycles. The Morgan fingerprint density at radius 2 is 1.85 bits per heavy atom. The number of aliphatic carboxylic acids is 1. The molecule has 1 saturated heterocycles. The molecular weight excluding hydrogens is 508 g/mol. The highest BCUT2D eigenvalue weighted by Gasteiger charge is 2.29. The Morgan fingerprint density at radius 3 is 2.58 bits per heavy atom. The first-order chi connectivity index (χ1) is 19.3. The number of aromatic nitrogens is 2. The third-order valence-corrected chi connectivity index (χ3v) is 7.05. The van der Waals surface area contributed by atoms with Crippen LogP contribution in [0.4, 0.5) is 11.6 Å². The van der Waals surface area contributed by atoms with Crippen LogP contribution in [0.3, 0.4) is 0 Å². The van der Waals surface area contributed by atoms with Gasteiger partial charge in [-0.2, -0.15) is 0 Å². The van der Waals surface area contributed by atoms with Gasteiger partial charge >= 0.3 is 5.97 Å². The fourth-order valence-electron chi connectivity index (χ4n) is 4.54. The van der Waals surface area contributed by atoms with Crippen LogP contribution < -0.4 is 19.7 Å². The Bertz CT molecular complexity index is 1290. The van der Waals surface area contributed by atoms with E-state index in [0.717, 1.165) is 48.4 Å². The molecule has 1 aliphatic rings. The average Bonchev–Trinajstić information content (AvgIpc) is 2.96. The molecule has 9 nitrogen and oxygen atoms in total. The number of nitrogens with zero attached hydrogens (tertiary/aromatic N) is 3. The summed E-state index contributed by atoms with van der Waals surface area (Å²) >= 11 is 0. The number of hydrogen-bond acceptors (Lipinski definition) is 7. The maximum absolute atomic E-state index is 12.6. The largest absolute Gasteiger partial charge is 0.490 e. The lowest BCUT2D eigenvalue weighted by atomic mass is 9.84. The molecular formula is C31H38N4O5. The summed E-state index contributed by atoms with van der Waals surface area (Å²) in [6.07, 6.45) is 6.83. The van der Waals surface area contributed by atoms with Crippen molar-refractivity contribution in [1.82, 2.24) is 9.97 Å². The minimum atomic E-state index is -0.965. The number of carboxylic acid groups (broad SMARTS) is 1. The Hall–Kier alpha value is -4.14. The van der Waals surface area contributed by atoms with E-state index in [-0.39, 0.29) is 18.4 Å². The van der Waals surface area contributed by atoms with Crippen LogP contribution in [-0.4, -0.2) is 52.8 Å². The van der Waals surface area contributed by atoms with Gasteiger partial charge in [0.05, 0.1) is 31.0 Å². The van der Waals surface area contributed by atoms with Crippen molar-refractivity contribution >= 4 is 23.5 Å². The molecule has 2 heterocycles. The topological polar surface area (TPSA) is 114 Å². The van der Waals surface area contributed by atoms with E-state index in [0.29, 0.717) is 31.2 Å². The molecule has 212 valence electrons. The zero-order valence-corrected chi connectivity index (χ0v) is 23.4. The summed E-state index contributed by atoms with van der Waals surface area (Å²) in [4.78, 5) is 35.2. The maximum Gasteiger partial charge on any atom is 0.313 e. The number of nitrogens with one attached hydrogen (secondary N) is 1. The molecule has 0 radical (unpaired) electrons. The molecule has 1 unspecified atom stereocenters. The van der Waals surface area contributed by atoms with Crippen LogP contribution in [0, 0.1) is 0 Å². The Labute approximate surface area is 235 Å². The lowest BCUT2D eigenvalue weighted by Gasteiger charge is -2.33. The molecule has 4 rings (SSSR count). The fourth-order valence-corrected chi connectivity index (χ4v) is 4.54. The number of carboxylic acids is 1. The van der Waals surface area contributed by atoms with Gasteiger partial charge in [0.25, 0.3) is 0 Å². The SMILES string of the molecule is CCCOc1ccccc1OC1CCCN(c2cncc(NC(=O)CCc3ccc(C(C)(C)C(=O)O)cc3)n2)C1. The summed E-state index contributed by atoms with van der Waals surface area (Å²) in [6, 6.07) is 15.1. The molecule has 9 heteroatoms. The van der Waals surface area contributed by atoms with E-state index in [9.17, 15) is 14.7 Å². The number of rotatable bonds is 12. The highest BCUT2D eigenvalue weighted by Crippen LogP contribution is 2.30. The van der Waals surface area contributed by atoms with Gasteiger partial charge in [-0.15, -0.1) is 0 Å². The van der Waals surface area contributed by atoms with E-state index in [2.05, 4.69) is 27.1 Å². The number of hydrogen-bond donors (Lipinski definition) is 2. The molecule has 2 N–H and O–H groups in total. The number of carbonyl (C=O) groups is 2. The quantitative estimate of drug-likeness (QED) is 0.317. The van der Waals surface area contributed by atoms with Crippen molar-refractivity contribution in [3.8, 4) is 11.5 Å². The van der Waals surface area contributed by atoms with Gasteiger partial charge < -0.3 is 24.8 Å². The van der Waals surface area contributed by atoms with Crippen LogP contribution >= 0.6 is 0 Å². The normalized spacial score (nSPS) is 15.4. The van der Waals surface area contributed by atoms with Crippen molar-refractivity contribution in [1.29, 1.82) is 0 Å². The summed E-state index contributed by atoms with van der Waals surface area (Å²) < 4.78 is 12.2. The molecule has 40 heavy (non-hydrogen) atoms. The molecule has 0 aliphatic carbocycles. The average molecular weight is 547 g/mol. The van der Waals surface area contributed by atoms with E-state index in [1.165, 1.54) is 0 Å². The first-order valence-electron chi connectivity index (χ1n) is 13.8. The van der Waals surface area contributed by atoms with Crippen molar-refractivity contribution in [3.05, 3.63) is 72.1 Å². The predicted molar refractivity (Wildman–Crippen MR) is 154 cm³/mol. The second-order valence-corrected chi connectivity index (χ2v) is 10.6. The summed E-state index contributed by atoms with van der Waals surface area (Å²) in [7, 11) is 0. The van der Waals surface area contributed by atoms with Gasteiger partial charge in [-0.05, 0) is 62.8 Å². The monoisotopic (exact) mass is 546 g/mol. The third kappa shape index (κ3) is 7.49. The van der Waals surface area contributed by atoms with Crippen molar-refractivity contribution in [2.45, 2.75) is 64.4 Å². The van der Waals surface area contributed by atoms with Crippen molar-refractivity contribution < 1.29 is 24.2 Å². The highest BCUT2D eigenvalue weighted by atomic mass is 16.5. The lowest BCUT2D eigenvalue weighted by molar-refractivity contribution is -0.142. The lowest BCUT2D eigenvalue weighted by Crippen LogP contribution is -2.41. The number of amides is 1. The number of carbonyl (C=O) groups excluding carboxylic acids is 1. The van der Waals surface area contributed by atoms with Crippen LogP contribution in [-0.2, 0) is 21.4 Å². The number of piperidine rings is 1. The Balaban J connectivity index is 1.31. The molecule has 2 aromatic carbocycles. The summed E-state index contributed by atoms with van der Waals surface area (Å²) in [5, 5.41) is 12.3. The Morgan fingerprint density at radius 1 is 1.10 bits per heavy atom. The van der Waals surface area contributed by atoms with Crippen LogP contribution in [0.5, 0.6) is 11.5 Å². The van der Waals surface area contributed by atoms with Crippen LogP contribution in [0.1, 0.15) is 57.6 Å². The van der Waals surface area contributed by atoms with Gasteiger partial charge in [-0.25, -0.2) is 4.98 Å². The predicted octanol–water partition coefficient (Wildman–Crippen LogP) is 5.25. The van der Waals surface area contributed by atoms with E-state index >= 15 is 0 Å². The molecule has 1 atom stereocenters. The molecule has 1 aliphatic heterocycles. The minimum Gasteiger partial charge on any atom is -0.490 e. The van der Waals surface area contributed by atoms with E-state index in [4.69, 9.17) is 9.47 Å². The number of para-hydroxylation sites is 2. The van der Waals surface area contributed by atoms with Gasteiger partial charge in [0.1, 0.15) is 11.9 Å². The molecule has 0 bridgehead atoms. The molecule has 1 aromatic heterocycles. The number of benzene rings is 2. The molecule has 1 amide bonds. The highest BCUT2D eigenvalue weighted by molar-refractivity contribution is 5.89. The maximum atomic E-state index is 12.6. The van der Waals surface area contributed by atoms with E-state index in [1.807, 2.05) is 48.5 Å². The number of ether oxygens (including phenoxy) is 2. The van der Waals surface area contributed by atoms with Gasteiger partial charge in [-0.1, -0.05) is 43.3 Å². The van der Waals surface area contributed by atoms with Gasteiger partial charge in [0.15, 0.2) is 17.3 Å². The van der Waals surface area contributed by atoms with Crippen LogP contribution in [0.2, 0.25) is 0 Å². The number of aryl methyl sites for hydroxylation is 1. The van der Waals surface area contributed by atoms with Crippen LogP contribution in [0.15, 0.2) is 60.9 Å². The minimum absolute atomic E-state index is 0.0207. The third-order valence-electron chi connectivity index (χ3n) is 7.05. The van der Waals surface area contributed by atoms with Gasteiger partial charge in [0, 0.05) is 13.0 Å². The standard InChI is InChI=1S/C31H38N4O5/c1-4-18-39-25-9-5-6-10-26(25)40-24-8-7-17-35(21-24)28-20-32-19-27(33-28)34-29(36)16-13-22-11-14-23(15-12-22)31(2,3)30(37)38/h5-6,9-12,14-15,19-20,24H,4,7-8,13,16-18,21H2,1-3H3,(H,37,38)(H,33,34,36). The molecule has 1 fully saturated rings. The van der Waals surface area contributed by atoms with Crippen LogP contribution in [0.25, 0.3) is 0 Å².